The highest BCUT2D eigenvalue weighted by atomic mass is 19.4. The summed E-state index contributed by atoms with van der Waals surface area (Å²) in [5, 5.41) is 10.8. The van der Waals surface area contributed by atoms with Gasteiger partial charge in [0, 0.05) is 24.9 Å². The lowest BCUT2D eigenvalue weighted by Gasteiger charge is -2.40. The van der Waals surface area contributed by atoms with Crippen LogP contribution in [0.2, 0.25) is 0 Å². The third kappa shape index (κ3) is 4.04. The van der Waals surface area contributed by atoms with E-state index < -0.39 is 12.0 Å². The second kappa shape index (κ2) is 6.67. The Morgan fingerprint density at radius 1 is 1.04 bits per heavy atom. The smallest absolute Gasteiger partial charge is 0.406 e. The molecule has 1 aliphatic carbocycles. The van der Waals surface area contributed by atoms with E-state index in [1.165, 1.54) is 18.6 Å². The minimum absolute atomic E-state index is 0.246. The fourth-order valence-corrected chi connectivity index (χ4v) is 3.31. The van der Waals surface area contributed by atoms with Gasteiger partial charge in [0.15, 0.2) is 0 Å². The number of hydrogen-bond donors (Lipinski definition) is 1. The Morgan fingerprint density at radius 2 is 1.67 bits per heavy atom. The maximum Gasteiger partial charge on any atom is 0.573 e. The van der Waals surface area contributed by atoms with Crippen LogP contribution < -0.4 is 4.74 Å². The van der Waals surface area contributed by atoms with Crippen molar-refractivity contribution < 1.29 is 23.0 Å². The number of benzene rings is 1. The van der Waals surface area contributed by atoms with Crippen molar-refractivity contribution in [3.63, 3.8) is 0 Å². The fraction of sp³-hybridized carbons (Fsp3) is 0.556. The first-order valence-electron chi connectivity index (χ1n) is 8.41. The summed E-state index contributed by atoms with van der Waals surface area (Å²) in [7, 11) is 0. The maximum atomic E-state index is 12.3. The second-order valence-corrected chi connectivity index (χ2v) is 6.60. The highest BCUT2D eigenvalue weighted by Gasteiger charge is 2.39. The molecule has 2 aliphatic rings. The molecule has 0 spiro atoms. The molecule has 3 rings (SSSR count). The lowest BCUT2D eigenvalue weighted by atomic mass is 9.72. The lowest BCUT2D eigenvalue weighted by Crippen LogP contribution is -2.39. The number of likely N-dealkylation sites (tertiary alicyclic amines) is 1. The average molecular weight is 341 g/mol. The molecule has 0 amide bonds. The molecular formula is C18H22F3NO2. The Labute approximate surface area is 139 Å². The number of halogens is 3. The molecule has 0 atom stereocenters. The van der Waals surface area contributed by atoms with Crippen molar-refractivity contribution in [2.45, 2.75) is 50.5 Å². The summed E-state index contributed by atoms with van der Waals surface area (Å²) in [6, 6.07) is 5.78. The van der Waals surface area contributed by atoms with Crippen molar-refractivity contribution in [3.8, 4) is 5.75 Å². The van der Waals surface area contributed by atoms with E-state index >= 15 is 0 Å². The molecule has 1 heterocycles. The highest BCUT2D eigenvalue weighted by molar-refractivity contribution is 5.73. The quantitative estimate of drug-likeness (QED) is 0.885. The van der Waals surface area contributed by atoms with Gasteiger partial charge in [-0.1, -0.05) is 12.1 Å². The minimum atomic E-state index is -4.69. The molecule has 3 nitrogen and oxygen atoms in total. The molecule has 1 saturated heterocycles. The molecule has 1 saturated carbocycles. The summed E-state index contributed by atoms with van der Waals surface area (Å²) in [6.07, 6.45) is 3.11. The van der Waals surface area contributed by atoms with E-state index in [0.29, 0.717) is 12.8 Å². The van der Waals surface area contributed by atoms with Crippen molar-refractivity contribution >= 4 is 5.57 Å². The fourth-order valence-electron chi connectivity index (χ4n) is 3.31. The zero-order valence-corrected chi connectivity index (χ0v) is 13.5. The topological polar surface area (TPSA) is 32.7 Å². The first kappa shape index (κ1) is 17.1. The third-order valence-electron chi connectivity index (χ3n) is 4.78. The number of alkyl halides is 3. The molecule has 132 valence electrons. The molecule has 0 aromatic heterocycles. The predicted octanol–water partition coefficient (Wildman–Crippen LogP) is 4.33. The van der Waals surface area contributed by atoms with Crippen LogP contribution in [0.1, 0.15) is 44.1 Å². The number of ether oxygens (including phenoxy) is 1. The van der Waals surface area contributed by atoms with Crippen LogP contribution in [0, 0.1) is 0 Å². The van der Waals surface area contributed by atoms with Crippen LogP contribution in [-0.4, -0.2) is 35.1 Å². The summed E-state index contributed by atoms with van der Waals surface area (Å²) in [4.78, 5) is 2.20. The van der Waals surface area contributed by atoms with Gasteiger partial charge in [0.25, 0.3) is 0 Å². The van der Waals surface area contributed by atoms with Gasteiger partial charge in [-0.05, 0) is 56.2 Å². The molecule has 0 bridgehead atoms. The van der Waals surface area contributed by atoms with Crippen LogP contribution in [0.15, 0.2) is 30.5 Å². The Morgan fingerprint density at radius 3 is 2.17 bits per heavy atom. The van der Waals surface area contributed by atoms with Gasteiger partial charge in [0.2, 0.25) is 0 Å². The first-order chi connectivity index (χ1) is 11.4. The normalized spacial score (nSPS) is 21.3. The van der Waals surface area contributed by atoms with Gasteiger partial charge in [-0.15, -0.1) is 13.2 Å². The summed E-state index contributed by atoms with van der Waals surface area (Å²) in [6.45, 7) is 1.91. The molecule has 1 aromatic carbocycles. The van der Waals surface area contributed by atoms with E-state index in [2.05, 4.69) is 9.64 Å². The van der Waals surface area contributed by atoms with Gasteiger partial charge in [-0.2, -0.15) is 0 Å². The SMILES string of the molecule is OC1(C(=CN2CCCCC2)c2ccc(OC(F)(F)F)cc2)CCC1. The van der Waals surface area contributed by atoms with E-state index in [9.17, 15) is 18.3 Å². The number of aliphatic hydroxyl groups is 1. The van der Waals surface area contributed by atoms with Crippen LogP contribution in [0.3, 0.4) is 0 Å². The predicted molar refractivity (Wildman–Crippen MR) is 85.3 cm³/mol. The summed E-state index contributed by atoms with van der Waals surface area (Å²) >= 11 is 0. The van der Waals surface area contributed by atoms with Crippen molar-refractivity contribution in [2.24, 2.45) is 0 Å². The van der Waals surface area contributed by atoms with E-state index in [0.717, 1.165) is 43.5 Å². The Balaban J connectivity index is 1.84. The van der Waals surface area contributed by atoms with Crippen LogP contribution in [0.25, 0.3) is 5.57 Å². The standard InChI is InChI=1S/C18H22F3NO2/c19-18(20,21)24-15-7-5-14(6-8-15)16(17(23)9-4-10-17)13-22-11-2-1-3-12-22/h5-8,13,23H,1-4,9-12H2. The highest BCUT2D eigenvalue weighted by Crippen LogP contribution is 2.43. The van der Waals surface area contributed by atoms with Crippen molar-refractivity contribution in [2.75, 3.05) is 13.1 Å². The van der Waals surface area contributed by atoms with Crippen molar-refractivity contribution in [1.29, 1.82) is 0 Å². The van der Waals surface area contributed by atoms with E-state index in [1.54, 1.807) is 12.1 Å². The van der Waals surface area contributed by atoms with Crippen LogP contribution in [0.4, 0.5) is 13.2 Å². The van der Waals surface area contributed by atoms with Gasteiger partial charge in [0.05, 0.1) is 5.60 Å². The molecular weight excluding hydrogens is 319 g/mol. The number of piperidine rings is 1. The first-order valence-corrected chi connectivity index (χ1v) is 8.41. The number of nitrogens with zero attached hydrogens (tertiary/aromatic N) is 1. The van der Waals surface area contributed by atoms with Crippen molar-refractivity contribution in [1.82, 2.24) is 4.90 Å². The Hall–Kier alpha value is -1.69. The van der Waals surface area contributed by atoms with Gasteiger partial charge >= 0.3 is 6.36 Å². The van der Waals surface area contributed by atoms with E-state index in [1.807, 2.05) is 6.20 Å². The van der Waals surface area contributed by atoms with Gasteiger partial charge in [-0.25, -0.2) is 0 Å². The molecule has 1 aromatic rings. The summed E-state index contributed by atoms with van der Waals surface area (Å²) < 4.78 is 40.8. The molecule has 1 N–H and O–H groups in total. The average Bonchev–Trinajstić information content (AvgIpc) is 2.51. The van der Waals surface area contributed by atoms with Crippen LogP contribution in [0.5, 0.6) is 5.75 Å². The molecule has 0 unspecified atom stereocenters. The maximum absolute atomic E-state index is 12.3. The van der Waals surface area contributed by atoms with Gasteiger partial charge in [0.1, 0.15) is 5.75 Å². The number of hydrogen-bond acceptors (Lipinski definition) is 3. The Bertz CT molecular complexity index is 585. The van der Waals surface area contributed by atoms with Gasteiger partial charge in [-0.3, -0.25) is 0 Å². The number of rotatable bonds is 4. The van der Waals surface area contributed by atoms with Crippen LogP contribution >= 0.6 is 0 Å². The summed E-state index contributed by atoms with van der Waals surface area (Å²) in [5.41, 5.74) is 0.677. The van der Waals surface area contributed by atoms with Gasteiger partial charge < -0.3 is 14.7 Å². The van der Waals surface area contributed by atoms with Crippen LogP contribution in [-0.2, 0) is 0 Å². The Kier molecular flexibility index (Phi) is 4.76. The molecule has 1 aliphatic heterocycles. The third-order valence-corrected chi connectivity index (χ3v) is 4.78. The molecule has 24 heavy (non-hydrogen) atoms. The zero-order chi connectivity index (χ0) is 17.2. The van der Waals surface area contributed by atoms with E-state index in [4.69, 9.17) is 0 Å². The molecule has 6 heteroatoms. The lowest BCUT2D eigenvalue weighted by molar-refractivity contribution is -0.274. The second-order valence-electron chi connectivity index (χ2n) is 6.60. The minimum Gasteiger partial charge on any atom is -0.406 e. The molecule has 0 radical (unpaired) electrons. The monoisotopic (exact) mass is 341 g/mol. The summed E-state index contributed by atoms with van der Waals surface area (Å²) in [5.74, 6) is -0.246. The van der Waals surface area contributed by atoms with Crippen molar-refractivity contribution in [3.05, 3.63) is 36.0 Å². The largest absolute Gasteiger partial charge is 0.573 e. The molecule has 2 fully saturated rings. The zero-order valence-electron chi connectivity index (χ0n) is 13.5. The van der Waals surface area contributed by atoms with E-state index in [-0.39, 0.29) is 5.75 Å².